The van der Waals surface area contributed by atoms with Crippen LogP contribution in [0.5, 0.6) is 0 Å². The Balaban J connectivity index is 1.44. The minimum absolute atomic E-state index is 0.0934. The van der Waals surface area contributed by atoms with Crippen LogP contribution in [0.2, 0.25) is 0 Å². The zero-order valence-electron chi connectivity index (χ0n) is 17.7. The molecule has 2 aliphatic rings. The maximum atomic E-state index is 12.6. The number of benzene rings is 1. The van der Waals surface area contributed by atoms with E-state index in [2.05, 4.69) is 10.2 Å². The Kier molecular flexibility index (Phi) is 8.35. The highest BCUT2D eigenvalue weighted by atomic mass is 16.5. The number of hydrogen-bond acceptors (Lipinski definition) is 4. The van der Waals surface area contributed by atoms with Crippen LogP contribution < -0.4 is 10.2 Å². The minimum atomic E-state index is -0.142. The van der Waals surface area contributed by atoms with E-state index in [-0.39, 0.29) is 18.4 Å². The lowest BCUT2D eigenvalue weighted by Crippen LogP contribution is -2.38. The van der Waals surface area contributed by atoms with Crippen LogP contribution >= 0.6 is 0 Å². The summed E-state index contributed by atoms with van der Waals surface area (Å²) in [5.74, 6) is 0.637. The van der Waals surface area contributed by atoms with Gasteiger partial charge in [-0.05, 0) is 43.5 Å². The van der Waals surface area contributed by atoms with Gasteiger partial charge >= 0.3 is 0 Å². The van der Waals surface area contributed by atoms with E-state index in [0.29, 0.717) is 18.9 Å². The summed E-state index contributed by atoms with van der Waals surface area (Å²) >= 11 is 0. The van der Waals surface area contributed by atoms with Crippen LogP contribution in [0.15, 0.2) is 24.3 Å². The number of carbonyl (C=O) groups is 2. The van der Waals surface area contributed by atoms with Gasteiger partial charge in [-0.2, -0.15) is 0 Å². The minimum Gasteiger partial charge on any atom is -0.378 e. The summed E-state index contributed by atoms with van der Waals surface area (Å²) < 4.78 is 5.39. The van der Waals surface area contributed by atoms with Crippen molar-refractivity contribution in [3.8, 4) is 0 Å². The number of ether oxygens (including phenoxy) is 1. The molecule has 2 amide bonds. The van der Waals surface area contributed by atoms with Gasteiger partial charge in [0.05, 0.1) is 19.8 Å². The molecule has 1 saturated heterocycles. The summed E-state index contributed by atoms with van der Waals surface area (Å²) in [5, 5.41) is 2.92. The van der Waals surface area contributed by atoms with Gasteiger partial charge < -0.3 is 19.9 Å². The van der Waals surface area contributed by atoms with Gasteiger partial charge in [0.2, 0.25) is 11.8 Å². The molecule has 3 rings (SSSR count). The fourth-order valence-corrected chi connectivity index (χ4v) is 4.29. The molecular weight excluding hydrogens is 366 g/mol. The van der Waals surface area contributed by atoms with Crippen molar-refractivity contribution in [3.63, 3.8) is 0 Å². The second-order valence-corrected chi connectivity index (χ2v) is 8.15. The van der Waals surface area contributed by atoms with Crippen LogP contribution in [0.3, 0.4) is 0 Å². The van der Waals surface area contributed by atoms with E-state index in [9.17, 15) is 9.59 Å². The summed E-state index contributed by atoms with van der Waals surface area (Å²) in [6.45, 7) is 5.89. The van der Waals surface area contributed by atoms with E-state index in [1.807, 2.05) is 31.2 Å². The summed E-state index contributed by atoms with van der Waals surface area (Å²) in [6.07, 6.45) is 7.94. The summed E-state index contributed by atoms with van der Waals surface area (Å²) in [7, 11) is 0. The Bertz CT molecular complexity index is 650. The number of morpholine rings is 1. The van der Waals surface area contributed by atoms with Gasteiger partial charge in [-0.15, -0.1) is 0 Å². The molecule has 1 aromatic carbocycles. The Hall–Kier alpha value is -2.08. The van der Waals surface area contributed by atoms with E-state index in [1.54, 1.807) is 4.90 Å². The van der Waals surface area contributed by atoms with Gasteiger partial charge in [0.15, 0.2) is 0 Å². The summed E-state index contributed by atoms with van der Waals surface area (Å²) in [5.41, 5.74) is 1.90. The van der Waals surface area contributed by atoms with Crippen molar-refractivity contribution in [3.05, 3.63) is 24.3 Å². The number of likely N-dealkylation sites (N-methyl/N-ethyl adjacent to an activating group) is 1. The van der Waals surface area contributed by atoms with Crippen molar-refractivity contribution in [1.29, 1.82) is 0 Å². The second-order valence-electron chi connectivity index (χ2n) is 8.15. The molecule has 0 bridgehead atoms. The number of hydrogen-bond donors (Lipinski definition) is 1. The number of rotatable bonds is 8. The number of nitrogens with zero attached hydrogens (tertiary/aromatic N) is 2. The number of amides is 2. The molecule has 0 atom stereocenters. The van der Waals surface area contributed by atoms with Crippen molar-refractivity contribution in [1.82, 2.24) is 4.90 Å². The first-order chi connectivity index (χ1) is 14.2. The largest absolute Gasteiger partial charge is 0.378 e. The maximum Gasteiger partial charge on any atom is 0.243 e. The highest BCUT2D eigenvalue weighted by Crippen LogP contribution is 2.27. The van der Waals surface area contributed by atoms with Gasteiger partial charge in [-0.25, -0.2) is 0 Å². The molecule has 160 valence electrons. The molecule has 1 heterocycles. The molecule has 1 aliphatic heterocycles. The van der Waals surface area contributed by atoms with Crippen LogP contribution in [-0.4, -0.2) is 56.1 Å². The number of nitrogens with one attached hydrogen (secondary N) is 1. The second kappa shape index (κ2) is 11.2. The molecule has 0 spiro atoms. The van der Waals surface area contributed by atoms with Gasteiger partial charge in [-0.3, -0.25) is 9.59 Å². The molecule has 1 aliphatic carbocycles. The van der Waals surface area contributed by atoms with Crippen LogP contribution in [-0.2, 0) is 14.3 Å². The molecule has 1 saturated carbocycles. The number of anilines is 2. The van der Waals surface area contributed by atoms with E-state index >= 15 is 0 Å². The maximum absolute atomic E-state index is 12.6. The summed E-state index contributed by atoms with van der Waals surface area (Å²) in [6, 6.07) is 7.88. The molecular formula is C23H35N3O3. The van der Waals surface area contributed by atoms with Crippen LogP contribution in [0.1, 0.15) is 51.9 Å². The van der Waals surface area contributed by atoms with Gasteiger partial charge in [-0.1, -0.05) is 32.1 Å². The predicted molar refractivity (Wildman–Crippen MR) is 116 cm³/mol. The third kappa shape index (κ3) is 6.74. The Morgan fingerprint density at radius 2 is 1.79 bits per heavy atom. The van der Waals surface area contributed by atoms with Crippen molar-refractivity contribution in [2.45, 2.75) is 51.9 Å². The lowest BCUT2D eigenvalue weighted by Gasteiger charge is -2.29. The monoisotopic (exact) mass is 401 g/mol. The molecule has 0 radical (unpaired) electrons. The molecule has 1 N–H and O–H groups in total. The SMILES string of the molecule is CCN(CC(=O)Nc1ccc(N2CCOCC2)cc1)C(=O)CCC1CCCCC1. The van der Waals surface area contributed by atoms with E-state index in [0.717, 1.165) is 44.1 Å². The van der Waals surface area contributed by atoms with Crippen molar-refractivity contribution < 1.29 is 14.3 Å². The molecule has 0 unspecified atom stereocenters. The fraction of sp³-hybridized carbons (Fsp3) is 0.652. The van der Waals surface area contributed by atoms with Crippen LogP contribution in [0, 0.1) is 5.92 Å². The Labute approximate surface area is 174 Å². The fourth-order valence-electron chi connectivity index (χ4n) is 4.29. The van der Waals surface area contributed by atoms with Crippen molar-refractivity contribution in [2.75, 3.05) is 49.6 Å². The Morgan fingerprint density at radius 3 is 2.45 bits per heavy atom. The molecule has 1 aromatic rings. The third-order valence-corrected chi connectivity index (χ3v) is 6.09. The van der Waals surface area contributed by atoms with Crippen molar-refractivity contribution in [2.24, 2.45) is 5.92 Å². The first-order valence-corrected chi connectivity index (χ1v) is 11.2. The zero-order valence-corrected chi connectivity index (χ0v) is 17.7. The topological polar surface area (TPSA) is 61.9 Å². The lowest BCUT2D eigenvalue weighted by molar-refractivity contribution is -0.134. The van der Waals surface area contributed by atoms with Gasteiger partial charge in [0, 0.05) is 37.4 Å². The highest BCUT2D eigenvalue weighted by Gasteiger charge is 2.19. The van der Waals surface area contributed by atoms with E-state index in [4.69, 9.17) is 4.74 Å². The normalized spacial score (nSPS) is 17.8. The smallest absolute Gasteiger partial charge is 0.243 e. The molecule has 6 nitrogen and oxygen atoms in total. The third-order valence-electron chi connectivity index (χ3n) is 6.09. The quantitative estimate of drug-likeness (QED) is 0.722. The predicted octanol–water partition coefficient (Wildman–Crippen LogP) is 3.67. The number of carbonyl (C=O) groups excluding carboxylic acids is 2. The van der Waals surface area contributed by atoms with Crippen molar-refractivity contribution >= 4 is 23.2 Å². The average molecular weight is 402 g/mol. The summed E-state index contributed by atoms with van der Waals surface area (Å²) in [4.78, 5) is 28.9. The average Bonchev–Trinajstić information content (AvgIpc) is 2.77. The lowest BCUT2D eigenvalue weighted by atomic mass is 9.86. The zero-order chi connectivity index (χ0) is 20.5. The Morgan fingerprint density at radius 1 is 1.10 bits per heavy atom. The van der Waals surface area contributed by atoms with E-state index < -0.39 is 0 Å². The molecule has 29 heavy (non-hydrogen) atoms. The van der Waals surface area contributed by atoms with Gasteiger partial charge in [0.25, 0.3) is 0 Å². The van der Waals surface area contributed by atoms with E-state index in [1.165, 1.54) is 32.1 Å². The van der Waals surface area contributed by atoms with Crippen LogP contribution in [0.4, 0.5) is 11.4 Å². The molecule has 0 aromatic heterocycles. The van der Waals surface area contributed by atoms with Gasteiger partial charge in [0.1, 0.15) is 0 Å². The molecule has 6 heteroatoms. The first-order valence-electron chi connectivity index (χ1n) is 11.2. The van der Waals surface area contributed by atoms with Crippen LogP contribution in [0.25, 0.3) is 0 Å². The first kappa shape index (κ1) is 21.6. The molecule has 2 fully saturated rings. The highest BCUT2D eigenvalue weighted by molar-refractivity contribution is 5.94. The standard InChI is InChI=1S/C23H35N3O3/c1-2-25(23(28)13-8-19-6-4-3-5-7-19)18-22(27)24-20-9-11-21(12-10-20)26-14-16-29-17-15-26/h9-12,19H,2-8,13-18H2,1H3,(H,24,27).